The van der Waals surface area contributed by atoms with E-state index in [-0.39, 0.29) is 11.4 Å². The lowest BCUT2D eigenvalue weighted by molar-refractivity contribution is -0.137. The Kier molecular flexibility index (Phi) is 3.28. The maximum absolute atomic E-state index is 12.5. The summed E-state index contributed by atoms with van der Waals surface area (Å²) >= 11 is 0. The average Bonchev–Trinajstić information content (AvgIpc) is 2.75. The topological polar surface area (TPSA) is 46.9 Å². The molecule has 0 aliphatic heterocycles. The first-order chi connectivity index (χ1) is 8.88. The SMILES string of the molecule is Cn1cncc1C(=O)Nc1cccc(C(F)(F)F)c1. The lowest BCUT2D eigenvalue weighted by atomic mass is 10.2. The van der Waals surface area contributed by atoms with Gasteiger partial charge >= 0.3 is 6.18 Å². The lowest BCUT2D eigenvalue weighted by Crippen LogP contribution is -2.16. The van der Waals surface area contributed by atoms with Crippen molar-refractivity contribution >= 4 is 11.6 Å². The number of carbonyl (C=O) groups is 1. The third-order valence-corrected chi connectivity index (χ3v) is 2.50. The van der Waals surface area contributed by atoms with Crippen molar-refractivity contribution in [2.24, 2.45) is 7.05 Å². The van der Waals surface area contributed by atoms with E-state index in [9.17, 15) is 18.0 Å². The second-order valence-electron chi connectivity index (χ2n) is 3.92. The van der Waals surface area contributed by atoms with E-state index in [1.165, 1.54) is 29.2 Å². The van der Waals surface area contributed by atoms with E-state index in [1.807, 2.05) is 0 Å². The highest BCUT2D eigenvalue weighted by Crippen LogP contribution is 2.30. The van der Waals surface area contributed by atoms with E-state index < -0.39 is 17.6 Å². The summed E-state index contributed by atoms with van der Waals surface area (Å²) in [5.74, 6) is -0.515. The molecule has 0 unspecified atom stereocenters. The number of aryl methyl sites for hydroxylation is 1. The number of hydrogen-bond donors (Lipinski definition) is 1. The Hall–Kier alpha value is -2.31. The quantitative estimate of drug-likeness (QED) is 0.911. The molecule has 100 valence electrons. The Bertz CT molecular complexity index is 604. The molecule has 2 rings (SSSR count). The van der Waals surface area contributed by atoms with Crippen LogP contribution in [-0.2, 0) is 13.2 Å². The number of imidazole rings is 1. The van der Waals surface area contributed by atoms with Crippen LogP contribution in [0.2, 0.25) is 0 Å². The molecule has 0 aliphatic carbocycles. The van der Waals surface area contributed by atoms with Gasteiger partial charge in [-0.1, -0.05) is 6.07 Å². The number of halogens is 3. The minimum absolute atomic E-state index is 0.0843. The van der Waals surface area contributed by atoms with Crippen LogP contribution in [0.4, 0.5) is 18.9 Å². The maximum Gasteiger partial charge on any atom is 0.416 e. The number of rotatable bonds is 2. The molecule has 0 spiro atoms. The van der Waals surface area contributed by atoms with Crippen molar-refractivity contribution < 1.29 is 18.0 Å². The first kappa shape index (κ1) is 13.1. The Labute approximate surface area is 106 Å². The van der Waals surface area contributed by atoms with Gasteiger partial charge in [-0.2, -0.15) is 13.2 Å². The first-order valence-electron chi connectivity index (χ1n) is 5.33. The predicted molar refractivity (Wildman–Crippen MR) is 62.6 cm³/mol. The van der Waals surface area contributed by atoms with Gasteiger partial charge in [-0.15, -0.1) is 0 Å². The molecule has 1 amide bonds. The third-order valence-electron chi connectivity index (χ3n) is 2.50. The minimum Gasteiger partial charge on any atom is -0.330 e. The molecule has 0 bridgehead atoms. The van der Waals surface area contributed by atoms with E-state index in [1.54, 1.807) is 7.05 Å². The Morgan fingerprint density at radius 2 is 2.11 bits per heavy atom. The van der Waals surface area contributed by atoms with E-state index in [0.29, 0.717) is 0 Å². The molecule has 2 aromatic rings. The molecule has 0 saturated carbocycles. The fourth-order valence-corrected chi connectivity index (χ4v) is 1.54. The number of aromatic nitrogens is 2. The summed E-state index contributed by atoms with van der Waals surface area (Å²) in [4.78, 5) is 15.6. The maximum atomic E-state index is 12.5. The van der Waals surface area contributed by atoms with Gasteiger partial charge < -0.3 is 9.88 Å². The molecule has 1 N–H and O–H groups in total. The van der Waals surface area contributed by atoms with E-state index >= 15 is 0 Å². The normalized spacial score (nSPS) is 11.4. The fourth-order valence-electron chi connectivity index (χ4n) is 1.54. The molecule has 0 saturated heterocycles. The van der Waals surface area contributed by atoms with Crippen LogP contribution < -0.4 is 5.32 Å². The number of hydrogen-bond acceptors (Lipinski definition) is 2. The lowest BCUT2D eigenvalue weighted by Gasteiger charge is -2.09. The van der Waals surface area contributed by atoms with Crippen LogP contribution in [0.5, 0.6) is 0 Å². The summed E-state index contributed by atoms with van der Waals surface area (Å²) in [6.07, 6.45) is -1.67. The van der Waals surface area contributed by atoms with E-state index in [0.717, 1.165) is 12.1 Å². The van der Waals surface area contributed by atoms with Crippen molar-refractivity contribution in [2.75, 3.05) is 5.32 Å². The Morgan fingerprint density at radius 1 is 1.37 bits per heavy atom. The van der Waals surface area contributed by atoms with Gasteiger partial charge in [-0.3, -0.25) is 4.79 Å². The number of alkyl halides is 3. The summed E-state index contributed by atoms with van der Waals surface area (Å²) in [5.41, 5.74) is -0.464. The van der Waals surface area contributed by atoms with Gasteiger partial charge in [0.05, 0.1) is 18.1 Å². The fraction of sp³-hybridized carbons (Fsp3) is 0.167. The molecule has 0 fully saturated rings. The number of benzene rings is 1. The van der Waals surface area contributed by atoms with Gasteiger partial charge in [-0.25, -0.2) is 4.98 Å². The summed E-state index contributed by atoms with van der Waals surface area (Å²) in [5, 5.41) is 2.40. The minimum atomic E-state index is -4.44. The van der Waals surface area contributed by atoms with Crippen LogP contribution in [0, 0.1) is 0 Å². The van der Waals surface area contributed by atoms with Crippen molar-refractivity contribution in [1.82, 2.24) is 9.55 Å². The third kappa shape index (κ3) is 2.93. The van der Waals surface area contributed by atoms with Gasteiger partial charge in [0, 0.05) is 12.7 Å². The van der Waals surface area contributed by atoms with Crippen molar-refractivity contribution in [3.05, 3.63) is 48.0 Å². The van der Waals surface area contributed by atoms with E-state index in [4.69, 9.17) is 0 Å². The largest absolute Gasteiger partial charge is 0.416 e. The highest BCUT2D eigenvalue weighted by atomic mass is 19.4. The van der Waals surface area contributed by atoms with Gasteiger partial charge in [0.2, 0.25) is 0 Å². The highest BCUT2D eigenvalue weighted by molar-refractivity contribution is 6.02. The van der Waals surface area contributed by atoms with Crippen LogP contribution in [0.25, 0.3) is 0 Å². The monoisotopic (exact) mass is 269 g/mol. The summed E-state index contributed by atoms with van der Waals surface area (Å²) in [7, 11) is 1.62. The van der Waals surface area contributed by atoms with Crippen molar-refractivity contribution in [3.8, 4) is 0 Å². The summed E-state index contributed by atoms with van der Waals surface area (Å²) in [6.45, 7) is 0. The number of nitrogens with zero attached hydrogens (tertiary/aromatic N) is 2. The zero-order valence-electron chi connectivity index (χ0n) is 9.90. The molecular weight excluding hydrogens is 259 g/mol. The second-order valence-corrected chi connectivity index (χ2v) is 3.92. The van der Waals surface area contributed by atoms with Crippen LogP contribution in [-0.4, -0.2) is 15.5 Å². The summed E-state index contributed by atoms with van der Waals surface area (Å²) in [6, 6.07) is 4.46. The number of anilines is 1. The second kappa shape index (κ2) is 4.75. The van der Waals surface area contributed by atoms with Gasteiger partial charge in [0.1, 0.15) is 5.69 Å². The van der Waals surface area contributed by atoms with Crippen LogP contribution >= 0.6 is 0 Å². The van der Waals surface area contributed by atoms with Gasteiger partial charge in [0.15, 0.2) is 0 Å². The molecule has 1 aromatic carbocycles. The van der Waals surface area contributed by atoms with Crippen LogP contribution in [0.3, 0.4) is 0 Å². The highest BCUT2D eigenvalue weighted by Gasteiger charge is 2.30. The molecule has 1 aromatic heterocycles. The molecular formula is C12H10F3N3O. The predicted octanol–water partition coefficient (Wildman–Crippen LogP) is 2.69. The number of amides is 1. The van der Waals surface area contributed by atoms with Crippen molar-refractivity contribution in [2.45, 2.75) is 6.18 Å². The smallest absolute Gasteiger partial charge is 0.330 e. The zero-order valence-corrected chi connectivity index (χ0v) is 9.90. The summed E-state index contributed by atoms with van der Waals surface area (Å²) < 4.78 is 39.0. The number of nitrogens with one attached hydrogen (secondary N) is 1. The van der Waals surface area contributed by atoms with Gasteiger partial charge in [0.25, 0.3) is 5.91 Å². The molecule has 0 atom stereocenters. The van der Waals surface area contributed by atoms with E-state index in [2.05, 4.69) is 10.3 Å². The molecule has 0 aliphatic rings. The molecule has 1 heterocycles. The Balaban J connectivity index is 2.21. The van der Waals surface area contributed by atoms with Crippen LogP contribution in [0.15, 0.2) is 36.8 Å². The molecule has 19 heavy (non-hydrogen) atoms. The average molecular weight is 269 g/mol. The Morgan fingerprint density at radius 3 is 2.68 bits per heavy atom. The molecule has 0 radical (unpaired) electrons. The van der Waals surface area contributed by atoms with Crippen molar-refractivity contribution in [3.63, 3.8) is 0 Å². The molecule has 7 heteroatoms. The zero-order chi connectivity index (χ0) is 14.0. The molecule has 4 nitrogen and oxygen atoms in total. The first-order valence-corrected chi connectivity index (χ1v) is 5.33. The standard InChI is InChI=1S/C12H10F3N3O/c1-18-7-16-6-10(18)11(19)17-9-4-2-3-8(5-9)12(13,14)15/h2-7H,1H3,(H,17,19). The van der Waals surface area contributed by atoms with Crippen molar-refractivity contribution in [1.29, 1.82) is 0 Å². The van der Waals surface area contributed by atoms with Crippen LogP contribution in [0.1, 0.15) is 16.1 Å². The number of carbonyl (C=O) groups excluding carboxylic acids is 1. The van der Waals surface area contributed by atoms with Gasteiger partial charge in [-0.05, 0) is 18.2 Å².